The molecule has 0 spiro atoms. The Hall–Kier alpha value is -1.14. The fourth-order valence-corrected chi connectivity index (χ4v) is 2.53. The summed E-state index contributed by atoms with van der Waals surface area (Å²) in [6, 6.07) is 5.87. The molecule has 1 aromatic rings. The number of anilines is 1. The SMILES string of the molecule is CS(=O)(=O)OCC1CCN(c2ccccn2)CC1. The lowest BCUT2D eigenvalue weighted by Crippen LogP contribution is -2.35. The van der Waals surface area contributed by atoms with Crippen molar-refractivity contribution in [3.8, 4) is 0 Å². The van der Waals surface area contributed by atoms with Crippen molar-refractivity contribution in [2.75, 3.05) is 30.9 Å². The van der Waals surface area contributed by atoms with E-state index in [9.17, 15) is 8.42 Å². The zero-order valence-corrected chi connectivity index (χ0v) is 11.3. The Labute approximate surface area is 108 Å². The normalized spacial score (nSPS) is 17.9. The smallest absolute Gasteiger partial charge is 0.264 e. The average molecular weight is 270 g/mol. The molecule has 2 rings (SSSR count). The molecule has 100 valence electrons. The molecular weight excluding hydrogens is 252 g/mol. The lowest BCUT2D eigenvalue weighted by Gasteiger charge is -2.32. The molecule has 1 aliphatic heterocycles. The van der Waals surface area contributed by atoms with Gasteiger partial charge in [0.05, 0.1) is 12.9 Å². The van der Waals surface area contributed by atoms with Gasteiger partial charge in [-0.2, -0.15) is 8.42 Å². The Balaban J connectivity index is 1.82. The molecule has 0 N–H and O–H groups in total. The van der Waals surface area contributed by atoms with Crippen molar-refractivity contribution < 1.29 is 12.6 Å². The van der Waals surface area contributed by atoms with Crippen LogP contribution in [0.3, 0.4) is 0 Å². The van der Waals surface area contributed by atoms with E-state index in [0.717, 1.165) is 38.0 Å². The van der Waals surface area contributed by atoms with Gasteiger partial charge in [-0.25, -0.2) is 4.98 Å². The van der Waals surface area contributed by atoms with Crippen molar-refractivity contribution >= 4 is 15.9 Å². The van der Waals surface area contributed by atoms with Crippen LogP contribution in [0.25, 0.3) is 0 Å². The summed E-state index contributed by atoms with van der Waals surface area (Å²) in [6.07, 6.45) is 4.75. The monoisotopic (exact) mass is 270 g/mol. The highest BCUT2D eigenvalue weighted by Crippen LogP contribution is 2.21. The van der Waals surface area contributed by atoms with Crippen LogP contribution in [0.15, 0.2) is 24.4 Å². The number of hydrogen-bond acceptors (Lipinski definition) is 5. The van der Waals surface area contributed by atoms with E-state index in [1.165, 1.54) is 0 Å². The summed E-state index contributed by atoms with van der Waals surface area (Å²) in [6.45, 7) is 2.10. The number of rotatable bonds is 4. The van der Waals surface area contributed by atoms with Gasteiger partial charge in [-0.05, 0) is 30.9 Å². The molecule has 0 unspecified atom stereocenters. The molecule has 0 radical (unpaired) electrons. The van der Waals surface area contributed by atoms with Gasteiger partial charge in [0.15, 0.2) is 0 Å². The van der Waals surface area contributed by atoms with Crippen molar-refractivity contribution in [2.24, 2.45) is 5.92 Å². The molecule has 5 nitrogen and oxygen atoms in total. The lowest BCUT2D eigenvalue weighted by molar-refractivity contribution is 0.229. The van der Waals surface area contributed by atoms with Crippen LogP contribution in [0.4, 0.5) is 5.82 Å². The van der Waals surface area contributed by atoms with Crippen LogP contribution in [0.1, 0.15) is 12.8 Å². The fraction of sp³-hybridized carbons (Fsp3) is 0.583. The minimum atomic E-state index is -3.32. The van der Waals surface area contributed by atoms with Crippen LogP contribution < -0.4 is 4.90 Å². The molecular formula is C12H18N2O3S. The first-order valence-corrected chi connectivity index (χ1v) is 7.86. The zero-order chi connectivity index (χ0) is 13.0. The topological polar surface area (TPSA) is 59.5 Å². The van der Waals surface area contributed by atoms with E-state index < -0.39 is 10.1 Å². The first-order chi connectivity index (χ1) is 8.54. The molecule has 1 fully saturated rings. The summed E-state index contributed by atoms with van der Waals surface area (Å²) in [7, 11) is -3.32. The maximum atomic E-state index is 10.9. The summed E-state index contributed by atoms with van der Waals surface area (Å²) in [4.78, 5) is 6.53. The third-order valence-electron chi connectivity index (χ3n) is 3.11. The van der Waals surface area contributed by atoms with Crippen LogP contribution in [0.2, 0.25) is 0 Å². The maximum absolute atomic E-state index is 10.9. The quantitative estimate of drug-likeness (QED) is 0.771. The Kier molecular flexibility index (Phi) is 4.19. The number of pyridine rings is 1. The second-order valence-corrected chi connectivity index (χ2v) is 6.25. The molecule has 1 aliphatic rings. The minimum absolute atomic E-state index is 0.300. The zero-order valence-electron chi connectivity index (χ0n) is 10.4. The molecule has 1 saturated heterocycles. The molecule has 18 heavy (non-hydrogen) atoms. The average Bonchev–Trinajstić information content (AvgIpc) is 2.37. The van der Waals surface area contributed by atoms with Crippen molar-refractivity contribution in [3.05, 3.63) is 24.4 Å². The van der Waals surface area contributed by atoms with Crippen molar-refractivity contribution in [3.63, 3.8) is 0 Å². The predicted molar refractivity (Wildman–Crippen MR) is 70.0 cm³/mol. The standard InChI is InChI=1S/C12H18N2O3S/c1-18(15,16)17-10-11-5-8-14(9-6-11)12-4-2-3-7-13-12/h2-4,7,11H,5-6,8-10H2,1H3. The number of hydrogen-bond donors (Lipinski definition) is 0. The second kappa shape index (κ2) is 5.67. The predicted octanol–water partition coefficient (Wildman–Crippen LogP) is 1.27. The highest BCUT2D eigenvalue weighted by Gasteiger charge is 2.21. The van der Waals surface area contributed by atoms with Crippen LogP contribution in [-0.4, -0.2) is 39.4 Å². The number of piperidine rings is 1. The summed E-state index contributed by atoms with van der Waals surface area (Å²) in [5.41, 5.74) is 0. The third kappa shape index (κ3) is 3.96. The third-order valence-corrected chi connectivity index (χ3v) is 3.67. The van der Waals surface area contributed by atoms with Gasteiger partial charge in [0, 0.05) is 19.3 Å². The Morgan fingerprint density at radius 1 is 1.39 bits per heavy atom. The maximum Gasteiger partial charge on any atom is 0.264 e. The van der Waals surface area contributed by atoms with Crippen molar-refractivity contribution in [1.82, 2.24) is 4.98 Å². The van der Waals surface area contributed by atoms with Gasteiger partial charge in [-0.1, -0.05) is 6.07 Å². The summed E-state index contributed by atoms with van der Waals surface area (Å²) >= 11 is 0. The molecule has 0 aliphatic carbocycles. The Morgan fingerprint density at radius 3 is 2.67 bits per heavy atom. The number of aromatic nitrogens is 1. The van der Waals surface area contributed by atoms with E-state index in [4.69, 9.17) is 4.18 Å². The van der Waals surface area contributed by atoms with Gasteiger partial charge in [0.25, 0.3) is 10.1 Å². The minimum Gasteiger partial charge on any atom is -0.357 e. The van der Waals surface area contributed by atoms with Crippen LogP contribution in [0.5, 0.6) is 0 Å². The fourth-order valence-electron chi connectivity index (χ4n) is 2.09. The van der Waals surface area contributed by atoms with E-state index in [0.29, 0.717) is 12.5 Å². The summed E-state index contributed by atoms with van der Waals surface area (Å²) < 4.78 is 26.7. The Bertz CT molecular complexity index is 467. The first-order valence-electron chi connectivity index (χ1n) is 6.05. The Morgan fingerprint density at radius 2 is 2.11 bits per heavy atom. The summed E-state index contributed by atoms with van der Waals surface area (Å²) in [5.74, 6) is 1.31. The second-order valence-electron chi connectivity index (χ2n) is 4.61. The molecule has 0 atom stereocenters. The molecule has 0 aromatic carbocycles. The molecule has 0 saturated carbocycles. The summed E-state index contributed by atoms with van der Waals surface area (Å²) in [5, 5.41) is 0. The largest absolute Gasteiger partial charge is 0.357 e. The highest BCUT2D eigenvalue weighted by molar-refractivity contribution is 7.85. The van der Waals surface area contributed by atoms with Crippen LogP contribution in [0, 0.1) is 5.92 Å². The van der Waals surface area contributed by atoms with Gasteiger partial charge in [0.2, 0.25) is 0 Å². The van der Waals surface area contributed by atoms with E-state index in [2.05, 4.69) is 9.88 Å². The van der Waals surface area contributed by atoms with E-state index in [-0.39, 0.29) is 0 Å². The van der Waals surface area contributed by atoms with Crippen LogP contribution >= 0.6 is 0 Å². The molecule has 0 amide bonds. The van der Waals surface area contributed by atoms with Crippen molar-refractivity contribution in [2.45, 2.75) is 12.8 Å². The molecule has 1 aromatic heterocycles. The van der Waals surface area contributed by atoms with Gasteiger partial charge >= 0.3 is 0 Å². The van der Waals surface area contributed by atoms with E-state index >= 15 is 0 Å². The first kappa shape index (κ1) is 13.3. The molecule has 6 heteroatoms. The van der Waals surface area contributed by atoms with Crippen LogP contribution in [-0.2, 0) is 14.3 Å². The number of nitrogens with zero attached hydrogens (tertiary/aromatic N) is 2. The molecule has 2 heterocycles. The van der Waals surface area contributed by atoms with E-state index in [1.807, 2.05) is 18.2 Å². The van der Waals surface area contributed by atoms with E-state index in [1.54, 1.807) is 6.20 Å². The van der Waals surface area contributed by atoms with Crippen molar-refractivity contribution in [1.29, 1.82) is 0 Å². The van der Waals surface area contributed by atoms with Gasteiger partial charge < -0.3 is 4.90 Å². The highest BCUT2D eigenvalue weighted by atomic mass is 32.2. The van der Waals surface area contributed by atoms with Gasteiger partial charge in [-0.15, -0.1) is 0 Å². The van der Waals surface area contributed by atoms with Gasteiger partial charge in [0.1, 0.15) is 5.82 Å². The molecule has 0 bridgehead atoms. The van der Waals surface area contributed by atoms with Gasteiger partial charge in [-0.3, -0.25) is 4.18 Å². The lowest BCUT2D eigenvalue weighted by atomic mass is 9.98.